The zero-order valence-electron chi connectivity index (χ0n) is 8.56. The number of nitrogens with two attached hydrogens (primary N) is 1. The van der Waals surface area contributed by atoms with Crippen molar-refractivity contribution < 1.29 is 0 Å². The van der Waals surface area contributed by atoms with Gasteiger partial charge in [-0.1, -0.05) is 0 Å². The zero-order valence-corrected chi connectivity index (χ0v) is 10.7. The van der Waals surface area contributed by atoms with Gasteiger partial charge in [0, 0.05) is 28.6 Å². The molecule has 2 N–H and O–H groups in total. The number of hydrogen-bond acceptors (Lipinski definition) is 4. The van der Waals surface area contributed by atoms with Gasteiger partial charge in [0.2, 0.25) is 5.95 Å². The molecule has 1 aromatic rings. The summed E-state index contributed by atoms with van der Waals surface area (Å²) < 4.78 is 1.07. The molecule has 0 saturated heterocycles. The zero-order chi connectivity index (χ0) is 10.7. The van der Waals surface area contributed by atoms with E-state index >= 15 is 0 Å². The molecule has 0 amide bonds. The van der Waals surface area contributed by atoms with Crippen LogP contribution in [0.25, 0.3) is 0 Å². The molecular weight excluding hydrogens is 303 g/mol. The van der Waals surface area contributed by atoms with Crippen molar-refractivity contribution in [3.8, 4) is 0 Å². The first-order chi connectivity index (χ1) is 7.31. The molecule has 4 nitrogen and oxygen atoms in total. The summed E-state index contributed by atoms with van der Waals surface area (Å²) in [6.45, 7) is 1.70. The van der Waals surface area contributed by atoms with Gasteiger partial charge >= 0.3 is 0 Å². The van der Waals surface area contributed by atoms with Gasteiger partial charge in [0.25, 0.3) is 0 Å². The van der Waals surface area contributed by atoms with Crippen LogP contribution in [-0.4, -0.2) is 29.1 Å². The molecule has 0 spiro atoms. The van der Waals surface area contributed by atoms with Crippen LogP contribution in [0.2, 0.25) is 0 Å². The highest BCUT2D eigenvalue weighted by Gasteiger charge is 2.30. The lowest BCUT2D eigenvalue weighted by Gasteiger charge is -2.21. The van der Waals surface area contributed by atoms with Crippen LogP contribution in [0.5, 0.6) is 0 Å². The van der Waals surface area contributed by atoms with Crippen LogP contribution in [0.3, 0.4) is 0 Å². The molecule has 1 heterocycles. The Hall–Kier alpha value is -0.430. The summed E-state index contributed by atoms with van der Waals surface area (Å²) in [5.74, 6) is 0.853. The van der Waals surface area contributed by atoms with Gasteiger partial charge in [-0.15, -0.1) is 0 Å². The number of aromatic nitrogens is 2. The van der Waals surface area contributed by atoms with Crippen molar-refractivity contribution in [2.75, 3.05) is 18.0 Å². The van der Waals surface area contributed by atoms with Crippen molar-refractivity contribution in [1.82, 2.24) is 9.97 Å². The van der Waals surface area contributed by atoms with Crippen LogP contribution < -0.4 is 10.6 Å². The maximum Gasteiger partial charge on any atom is 0.225 e. The highest BCUT2D eigenvalue weighted by Crippen LogP contribution is 2.29. The molecule has 5 heteroatoms. The molecule has 1 aliphatic carbocycles. The van der Waals surface area contributed by atoms with Gasteiger partial charge in [-0.25, -0.2) is 9.97 Å². The number of anilines is 1. The van der Waals surface area contributed by atoms with E-state index in [-0.39, 0.29) is 0 Å². The fourth-order valence-corrected chi connectivity index (χ4v) is 1.83. The second kappa shape index (κ2) is 5.07. The summed E-state index contributed by atoms with van der Waals surface area (Å²) in [6.07, 6.45) is 7.26. The van der Waals surface area contributed by atoms with Gasteiger partial charge in [-0.2, -0.15) is 0 Å². The molecular formula is C10H15IN4. The topological polar surface area (TPSA) is 55.0 Å². The van der Waals surface area contributed by atoms with Crippen LogP contribution in [0.1, 0.15) is 19.3 Å². The number of rotatable bonds is 5. The van der Waals surface area contributed by atoms with Crippen LogP contribution in [-0.2, 0) is 0 Å². The summed E-state index contributed by atoms with van der Waals surface area (Å²) in [7, 11) is 0. The van der Waals surface area contributed by atoms with Crippen molar-refractivity contribution >= 4 is 28.5 Å². The minimum atomic E-state index is 0.650. The third-order valence-electron chi connectivity index (χ3n) is 2.45. The molecule has 0 aliphatic heterocycles. The van der Waals surface area contributed by atoms with Crippen LogP contribution in [0, 0.1) is 3.57 Å². The van der Waals surface area contributed by atoms with E-state index in [9.17, 15) is 0 Å². The Kier molecular flexibility index (Phi) is 3.74. The first kappa shape index (κ1) is 11.1. The Labute approximate surface area is 103 Å². The number of nitrogens with zero attached hydrogens (tertiary/aromatic N) is 3. The second-order valence-corrected chi connectivity index (χ2v) is 5.01. The standard InChI is InChI=1S/C10H15IN4/c11-8-6-13-10(14-7-8)15(5-1-4-12)9-2-3-9/h6-7,9H,1-5,12H2. The lowest BCUT2D eigenvalue weighted by molar-refractivity contribution is 0.710. The summed E-state index contributed by atoms with van der Waals surface area (Å²) in [5, 5.41) is 0. The molecule has 15 heavy (non-hydrogen) atoms. The van der Waals surface area contributed by atoms with E-state index in [0.29, 0.717) is 6.04 Å². The van der Waals surface area contributed by atoms with E-state index in [2.05, 4.69) is 37.5 Å². The Morgan fingerprint density at radius 3 is 2.60 bits per heavy atom. The van der Waals surface area contributed by atoms with Gasteiger partial charge in [-0.05, 0) is 48.4 Å². The first-order valence-corrected chi connectivity index (χ1v) is 6.33. The molecule has 0 unspecified atom stereocenters. The van der Waals surface area contributed by atoms with Crippen LogP contribution in [0.15, 0.2) is 12.4 Å². The van der Waals surface area contributed by atoms with Crippen LogP contribution >= 0.6 is 22.6 Å². The Bertz CT molecular complexity index is 310. The summed E-state index contributed by atoms with van der Waals surface area (Å²) in [4.78, 5) is 11.0. The maximum atomic E-state index is 5.53. The van der Waals surface area contributed by atoms with Gasteiger partial charge in [0.1, 0.15) is 0 Å². The quantitative estimate of drug-likeness (QED) is 0.834. The van der Waals surface area contributed by atoms with Gasteiger partial charge < -0.3 is 10.6 Å². The van der Waals surface area contributed by atoms with Gasteiger partial charge in [0.15, 0.2) is 0 Å². The van der Waals surface area contributed by atoms with Crippen molar-refractivity contribution in [3.63, 3.8) is 0 Å². The highest BCUT2D eigenvalue weighted by molar-refractivity contribution is 14.1. The number of halogens is 1. The fraction of sp³-hybridized carbons (Fsp3) is 0.600. The maximum absolute atomic E-state index is 5.53. The normalized spacial score (nSPS) is 15.3. The predicted molar refractivity (Wildman–Crippen MR) is 68.8 cm³/mol. The molecule has 1 aliphatic rings. The largest absolute Gasteiger partial charge is 0.338 e. The summed E-state index contributed by atoms with van der Waals surface area (Å²) >= 11 is 2.22. The van der Waals surface area contributed by atoms with E-state index in [1.807, 2.05) is 12.4 Å². The average molecular weight is 318 g/mol. The van der Waals surface area contributed by atoms with Crippen molar-refractivity contribution in [3.05, 3.63) is 16.0 Å². The van der Waals surface area contributed by atoms with E-state index in [1.165, 1.54) is 12.8 Å². The van der Waals surface area contributed by atoms with E-state index in [0.717, 1.165) is 29.0 Å². The van der Waals surface area contributed by atoms with Gasteiger partial charge in [-0.3, -0.25) is 0 Å². The average Bonchev–Trinajstić information content (AvgIpc) is 3.05. The van der Waals surface area contributed by atoms with E-state index in [1.54, 1.807) is 0 Å². The minimum Gasteiger partial charge on any atom is -0.338 e. The lowest BCUT2D eigenvalue weighted by atomic mass is 10.4. The van der Waals surface area contributed by atoms with E-state index < -0.39 is 0 Å². The fourth-order valence-electron chi connectivity index (χ4n) is 1.55. The number of hydrogen-bond donors (Lipinski definition) is 1. The van der Waals surface area contributed by atoms with Crippen molar-refractivity contribution in [2.45, 2.75) is 25.3 Å². The monoisotopic (exact) mass is 318 g/mol. The summed E-state index contributed by atoms with van der Waals surface area (Å²) in [5.41, 5.74) is 5.53. The molecule has 1 aromatic heterocycles. The second-order valence-electron chi connectivity index (χ2n) is 3.77. The van der Waals surface area contributed by atoms with Crippen molar-refractivity contribution in [2.24, 2.45) is 5.73 Å². The Balaban J connectivity index is 2.06. The first-order valence-electron chi connectivity index (χ1n) is 5.25. The third-order valence-corrected chi connectivity index (χ3v) is 3.01. The van der Waals surface area contributed by atoms with Crippen LogP contribution in [0.4, 0.5) is 5.95 Å². The SMILES string of the molecule is NCCCN(c1ncc(I)cn1)C1CC1. The molecule has 0 atom stereocenters. The molecule has 1 saturated carbocycles. The van der Waals surface area contributed by atoms with Crippen molar-refractivity contribution in [1.29, 1.82) is 0 Å². The molecule has 2 rings (SSSR count). The molecule has 0 bridgehead atoms. The lowest BCUT2D eigenvalue weighted by Crippen LogP contribution is -2.30. The van der Waals surface area contributed by atoms with E-state index in [4.69, 9.17) is 5.73 Å². The van der Waals surface area contributed by atoms with Gasteiger partial charge in [0.05, 0.1) is 0 Å². The third kappa shape index (κ3) is 3.01. The molecule has 1 fully saturated rings. The molecule has 0 radical (unpaired) electrons. The molecule has 0 aromatic carbocycles. The molecule has 82 valence electrons. The highest BCUT2D eigenvalue weighted by atomic mass is 127. The predicted octanol–water partition coefficient (Wildman–Crippen LogP) is 1.40. The minimum absolute atomic E-state index is 0.650. The smallest absolute Gasteiger partial charge is 0.225 e. The Morgan fingerprint density at radius 1 is 1.40 bits per heavy atom. The Morgan fingerprint density at radius 2 is 2.07 bits per heavy atom. The summed E-state index contributed by atoms with van der Waals surface area (Å²) in [6, 6.07) is 0.650.